The van der Waals surface area contributed by atoms with Crippen LogP contribution < -0.4 is 5.32 Å². The lowest BCUT2D eigenvalue weighted by Gasteiger charge is -2.27. The molecule has 0 bridgehead atoms. The molecule has 4 rings (SSSR count). The van der Waals surface area contributed by atoms with E-state index in [1.807, 2.05) is 37.3 Å². The van der Waals surface area contributed by atoms with Gasteiger partial charge in [-0.15, -0.1) is 0 Å². The van der Waals surface area contributed by atoms with Gasteiger partial charge in [-0.1, -0.05) is 30.3 Å². The topological polar surface area (TPSA) is 59.4 Å². The molecule has 0 atom stereocenters. The van der Waals surface area contributed by atoms with Crippen molar-refractivity contribution < 1.29 is 9.53 Å². The molecule has 0 spiro atoms. The maximum absolute atomic E-state index is 12.5. The van der Waals surface area contributed by atoms with Crippen LogP contribution in [0.5, 0.6) is 0 Å². The van der Waals surface area contributed by atoms with E-state index < -0.39 is 0 Å². The van der Waals surface area contributed by atoms with Gasteiger partial charge in [-0.2, -0.15) is 0 Å². The van der Waals surface area contributed by atoms with Crippen molar-refractivity contribution in [3.63, 3.8) is 0 Å². The van der Waals surface area contributed by atoms with Crippen LogP contribution in [0, 0.1) is 6.92 Å². The van der Waals surface area contributed by atoms with Crippen LogP contribution in [-0.2, 0) is 17.7 Å². The van der Waals surface area contributed by atoms with Crippen LogP contribution in [0.2, 0.25) is 0 Å². The minimum Gasteiger partial charge on any atom is -0.379 e. The van der Waals surface area contributed by atoms with E-state index in [1.54, 1.807) is 0 Å². The molecule has 1 saturated heterocycles. The van der Waals surface area contributed by atoms with Gasteiger partial charge in [0.25, 0.3) is 5.91 Å². The van der Waals surface area contributed by atoms with Crippen LogP contribution in [0.1, 0.15) is 21.7 Å². The number of hydrogen-bond donors (Lipinski definition) is 1. The number of nitrogens with one attached hydrogen (secondary N) is 1. The Morgan fingerprint density at radius 1 is 1.07 bits per heavy atom. The lowest BCUT2D eigenvalue weighted by Crippen LogP contribution is -2.38. The molecule has 1 aliphatic rings. The number of carbonyl (C=O) groups is 1. The van der Waals surface area contributed by atoms with E-state index in [4.69, 9.17) is 9.72 Å². The number of nitrogens with zero attached hydrogens (tertiary/aromatic N) is 3. The summed E-state index contributed by atoms with van der Waals surface area (Å²) >= 11 is 0. The van der Waals surface area contributed by atoms with Crippen LogP contribution >= 0.6 is 0 Å². The molecule has 1 amide bonds. The second-order valence-corrected chi connectivity index (χ2v) is 7.44. The summed E-state index contributed by atoms with van der Waals surface area (Å²) in [7, 11) is 0. The van der Waals surface area contributed by atoms with Gasteiger partial charge in [-0.25, -0.2) is 4.98 Å². The summed E-state index contributed by atoms with van der Waals surface area (Å²) in [6, 6.07) is 15.9. The van der Waals surface area contributed by atoms with Gasteiger partial charge in [0, 0.05) is 44.7 Å². The first kappa shape index (κ1) is 19.6. The maximum Gasteiger partial charge on any atom is 0.251 e. The summed E-state index contributed by atoms with van der Waals surface area (Å²) in [5.41, 5.74) is 3.88. The SMILES string of the molecule is Cc1ccccc1C(=O)NCCc1nc2ccccc2n1CCN1CCOCC1. The summed E-state index contributed by atoms with van der Waals surface area (Å²) in [4.78, 5) is 19.8. The highest BCUT2D eigenvalue weighted by atomic mass is 16.5. The van der Waals surface area contributed by atoms with Gasteiger partial charge in [-0.05, 0) is 30.7 Å². The third-order valence-electron chi connectivity index (χ3n) is 5.50. The van der Waals surface area contributed by atoms with Gasteiger partial charge in [0.2, 0.25) is 0 Å². The molecule has 2 aromatic carbocycles. The van der Waals surface area contributed by atoms with Gasteiger partial charge in [0.15, 0.2) is 0 Å². The molecular weight excluding hydrogens is 364 g/mol. The summed E-state index contributed by atoms with van der Waals surface area (Å²) in [5, 5.41) is 3.05. The molecule has 1 N–H and O–H groups in total. The molecule has 0 radical (unpaired) electrons. The average Bonchev–Trinajstić information content (AvgIpc) is 3.10. The first-order valence-electron chi connectivity index (χ1n) is 10.3. The molecule has 0 unspecified atom stereocenters. The fourth-order valence-electron chi connectivity index (χ4n) is 3.84. The molecule has 152 valence electrons. The maximum atomic E-state index is 12.5. The lowest BCUT2D eigenvalue weighted by atomic mass is 10.1. The highest BCUT2D eigenvalue weighted by Crippen LogP contribution is 2.17. The van der Waals surface area contributed by atoms with Crippen LogP contribution in [0.15, 0.2) is 48.5 Å². The lowest BCUT2D eigenvalue weighted by molar-refractivity contribution is 0.0364. The number of ether oxygens (including phenoxy) is 1. The zero-order chi connectivity index (χ0) is 20.1. The zero-order valence-corrected chi connectivity index (χ0v) is 16.9. The molecule has 1 aromatic heterocycles. The third kappa shape index (κ3) is 4.66. The van der Waals surface area contributed by atoms with E-state index in [9.17, 15) is 4.79 Å². The molecule has 1 fully saturated rings. The van der Waals surface area contributed by atoms with Gasteiger partial charge in [-0.3, -0.25) is 9.69 Å². The Bertz CT molecular complexity index is 976. The Labute approximate surface area is 171 Å². The Morgan fingerprint density at radius 3 is 2.66 bits per heavy atom. The number of morpholine rings is 1. The Kier molecular flexibility index (Phi) is 6.22. The molecule has 29 heavy (non-hydrogen) atoms. The van der Waals surface area contributed by atoms with Crippen molar-refractivity contribution >= 4 is 16.9 Å². The summed E-state index contributed by atoms with van der Waals surface area (Å²) in [6.07, 6.45) is 0.704. The van der Waals surface area contributed by atoms with E-state index in [0.717, 1.165) is 67.4 Å². The van der Waals surface area contributed by atoms with Gasteiger partial charge >= 0.3 is 0 Å². The molecule has 6 heteroatoms. The van der Waals surface area contributed by atoms with E-state index in [2.05, 4.69) is 33.0 Å². The Hall–Kier alpha value is -2.70. The number of para-hydroxylation sites is 2. The van der Waals surface area contributed by atoms with E-state index >= 15 is 0 Å². The largest absolute Gasteiger partial charge is 0.379 e. The smallest absolute Gasteiger partial charge is 0.251 e. The number of amides is 1. The second kappa shape index (κ2) is 9.20. The number of carbonyl (C=O) groups excluding carboxylic acids is 1. The van der Waals surface area contributed by atoms with Crippen LogP contribution in [0.3, 0.4) is 0 Å². The molecule has 3 aromatic rings. The van der Waals surface area contributed by atoms with Crippen molar-refractivity contribution in [3.05, 3.63) is 65.5 Å². The van der Waals surface area contributed by atoms with Crippen LogP contribution in [0.4, 0.5) is 0 Å². The van der Waals surface area contributed by atoms with Crippen molar-refractivity contribution in [2.75, 3.05) is 39.4 Å². The van der Waals surface area contributed by atoms with Crippen LogP contribution in [-0.4, -0.2) is 59.8 Å². The number of imidazole rings is 1. The molecular formula is C23H28N4O2. The highest BCUT2D eigenvalue weighted by Gasteiger charge is 2.15. The third-order valence-corrected chi connectivity index (χ3v) is 5.50. The Morgan fingerprint density at radius 2 is 1.83 bits per heavy atom. The predicted molar refractivity (Wildman–Crippen MR) is 114 cm³/mol. The van der Waals surface area contributed by atoms with Crippen molar-refractivity contribution in [2.45, 2.75) is 19.9 Å². The second-order valence-electron chi connectivity index (χ2n) is 7.44. The van der Waals surface area contributed by atoms with Crippen molar-refractivity contribution in [2.24, 2.45) is 0 Å². The minimum atomic E-state index is -0.0286. The number of fused-ring (bicyclic) bond motifs is 1. The average molecular weight is 393 g/mol. The van der Waals surface area contributed by atoms with Crippen molar-refractivity contribution in [3.8, 4) is 0 Å². The predicted octanol–water partition coefficient (Wildman–Crippen LogP) is 2.65. The Balaban J connectivity index is 1.43. The van der Waals surface area contributed by atoms with E-state index in [1.165, 1.54) is 0 Å². The zero-order valence-electron chi connectivity index (χ0n) is 16.9. The van der Waals surface area contributed by atoms with E-state index in [0.29, 0.717) is 13.0 Å². The fraction of sp³-hybridized carbons (Fsp3) is 0.391. The number of rotatable bonds is 7. The van der Waals surface area contributed by atoms with Gasteiger partial charge < -0.3 is 14.6 Å². The fourth-order valence-corrected chi connectivity index (χ4v) is 3.84. The quantitative estimate of drug-likeness (QED) is 0.672. The molecule has 2 heterocycles. The summed E-state index contributed by atoms with van der Waals surface area (Å²) in [6.45, 7) is 7.97. The normalized spacial score (nSPS) is 14.9. The number of hydrogen-bond acceptors (Lipinski definition) is 4. The molecule has 6 nitrogen and oxygen atoms in total. The molecule has 0 aliphatic carbocycles. The first-order valence-corrected chi connectivity index (χ1v) is 10.3. The first-order chi connectivity index (χ1) is 14.2. The van der Waals surface area contributed by atoms with E-state index in [-0.39, 0.29) is 5.91 Å². The standard InChI is InChI=1S/C23H28N4O2/c1-18-6-2-3-7-19(18)23(28)24-11-10-22-25-20-8-4-5-9-21(20)27(22)13-12-26-14-16-29-17-15-26/h2-9H,10-17H2,1H3,(H,24,28). The molecule has 0 saturated carbocycles. The van der Waals surface area contributed by atoms with Gasteiger partial charge in [0.1, 0.15) is 5.82 Å². The summed E-state index contributed by atoms with van der Waals surface area (Å²) in [5.74, 6) is 0.989. The molecule has 1 aliphatic heterocycles. The highest BCUT2D eigenvalue weighted by molar-refractivity contribution is 5.95. The number of aromatic nitrogens is 2. The van der Waals surface area contributed by atoms with Crippen molar-refractivity contribution in [1.29, 1.82) is 0 Å². The number of aryl methyl sites for hydroxylation is 1. The summed E-state index contributed by atoms with van der Waals surface area (Å²) < 4.78 is 7.75. The minimum absolute atomic E-state index is 0.0286. The van der Waals surface area contributed by atoms with Crippen LogP contribution in [0.25, 0.3) is 11.0 Å². The van der Waals surface area contributed by atoms with Gasteiger partial charge in [0.05, 0.1) is 24.2 Å². The van der Waals surface area contributed by atoms with Crippen molar-refractivity contribution in [1.82, 2.24) is 19.8 Å². The monoisotopic (exact) mass is 392 g/mol. The number of benzene rings is 2.